The molecule has 110 valence electrons. The lowest BCUT2D eigenvalue weighted by molar-refractivity contribution is 1.27. The van der Waals surface area contributed by atoms with Crippen molar-refractivity contribution in [2.75, 3.05) is 0 Å². The van der Waals surface area contributed by atoms with E-state index in [0.29, 0.717) is 11.4 Å². The van der Waals surface area contributed by atoms with Crippen molar-refractivity contribution in [3.63, 3.8) is 0 Å². The summed E-state index contributed by atoms with van der Waals surface area (Å²) in [7, 11) is 0. The van der Waals surface area contributed by atoms with Gasteiger partial charge in [-0.3, -0.25) is 0 Å². The zero-order valence-corrected chi connectivity index (χ0v) is 12.6. The molecule has 0 unspecified atom stereocenters. The second-order valence-corrected chi connectivity index (χ2v) is 5.57. The van der Waals surface area contributed by atoms with Gasteiger partial charge in [-0.15, -0.1) is 0 Å². The molecule has 4 nitrogen and oxygen atoms in total. The summed E-state index contributed by atoms with van der Waals surface area (Å²) in [4.78, 5) is 11.0. The van der Waals surface area contributed by atoms with E-state index in [9.17, 15) is 5.26 Å². The molecular weight excluding hydrogens is 284 g/mol. The van der Waals surface area contributed by atoms with Crippen molar-refractivity contribution in [3.8, 4) is 6.07 Å². The third-order valence-electron chi connectivity index (χ3n) is 3.93. The van der Waals surface area contributed by atoms with Crippen LogP contribution in [0.15, 0.2) is 48.7 Å². The summed E-state index contributed by atoms with van der Waals surface area (Å²) < 4.78 is 0. The Morgan fingerprint density at radius 3 is 2.91 bits per heavy atom. The van der Waals surface area contributed by atoms with Crippen LogP contribution < -0.4 is 0 Å². The number of allylic oxidation sites excluding steroid dienone is 1. The number of nitrogens with zero attached hydrogens (tertiary/aromatic N) is 2. The molecule has 0 bridgehead atoms. The van der Waals surface area contributed by atoms with Gasteiger partial charge in [-0.1, -0.05) is 24.3 Å². The number of aromatic amines is 2. The van der Waals surface area contributed by atoms with Gasteiger partial charge in [0.2, 0.25) is 0 Å². The van der Waals surface area contributed by atoms with Crippen LogP contribution in [-0.4, -0.2) is 15.0 Å². The number of para-hydroxylation sites is 1. The Hall–Kier alpha value is -3.32. The zero-order valence-electron chi connectivity index (χ0n) is 12.6. The van der Waals surface area contributed by atoms with Crippen LogP contribution in [0.1, 0.15) is 17.0 Å². The lowest BCUT2D eigenvalue weighted by Gasteiger charge is -1.94. The quantitative estimate of drug-likeness (QED) is 0.538. The van der Waals surface area contributed by atoms with Crippen molar-refractivity contribution >= 4 is 33.6 Å². The minimum atomic E-state index is 0.517. The lowest BCUT2D eigenvalue weighted by Crippen LogP contribution is -1.84. The maximum absolute atomic E-state index is 9.54. The van der Waals surface area contributed by atoms with Crippen molar-refractivity contribution in [2.45, 2.75) is 6.92 Å². The molecule has 4 rings (SSSR count). The fourth-order valence-corrected chi connectivity index (χ4v) is 2.77. The van der Waals surface area contributed by atoms with E-state index in [1.165, 1.54) is 0 Å². The van der Waals surface area contributed by atoms with Crippen molar-refractivity contribution in [2.24, 2.45) is 0 Å². The monoisotopic (exact) mass is 298 g/mol. The van der Waals surface area contributed by atoms with Crippen LogP contribution in [0.4, 0.5) is 0 Å². The third-order valence-corrected chi connectivity index (χ3v) is 3.93. The molecule has 0 atom stereocenters. The Morgan fingerprint density at radius 2 is 2.04 bits per heavy atom. The van der Waals surface area contributed by atoms with Gasteiger partial charge in [0.1, 0.15) is 11.9 Å². The highest BCUT2D eigenvalue weighted by atomic mass is 14.9. The average Bonchev–Trinajstić information content (AvgIpc) is 3.16. The molecule has 0 aliphatic rings. The number of imidazole rings is 1. The molecule has 0 aliphatic carbocycles. The van der Waals surface area contributed by atoms with Crippen LogP contribution in [0.3, 0.4) is 0 Å². The van der Waals surface area contributed by atoms with E-state index in [1.807, 2.05) is 61.7 Å². The standard InChI is InChI=1S/C19H14N4/c1-12-6-7-17-18(8-12)23-19(22-17)13(10-20)9-14-11-21-16-5-3-2-4-15(14)16/h2-9,11,21H,1H3,(H,22,23)/b13-9+. The number of hydrogen-bond donors (Lipinski definition) is 2. The molecule has 0 radical (unpaired) electrons. The first-order valence-corrected chi connectivity index (χ1v) is 7.39. The summed E-state index contributed by atoms with van der Waals surface area (Å²) in [5, 5.41) is 10.6. The molecule has 2 aromatic carbocycles. The summed E-state index contributed by atoms with van der Waals surface area (Å²) >= 11 is 0. The molecule has 0 amide bonds. The number of nitriles is 1. The molecule has 0 spiro atoms. The topological polar surface area (TPSA) is 68.3 Å². The van der Waals surface area contributed by atoms with Crippen molar-refractivity contribution in [3.05, 3.63) is 65.6 Å². The first kappa shape index (κ1) is 13.4. The first-order chi connectivity index (χ1) is 11.2. The molecule has 0 saturated heterocycles. The van der Waals surface area contributed by atoms with Gasteiger partial charge in [0.15, 0.2) is 0 Å². The Morgan fingerprint density at radius 1 is 1.17 bits per heavy atom. The third kappa shape index (κ3) is 2.29. The number of benzene rings is 2. The zero-order chi connectivity index (χ0) is 15.8. The van der Waals surface area contributed by atoms with Crippen LogP contribution in [0.2, 0.25) is 0 Å². The normalized spacial score (nSPS) is 11.9. The summed E-state index contributed by atoms with van der Waals surface area (Å²) in [6, 6.07) is 16.3. The highest BCUT2D eigenvalue weighted by molar-refractivity contribution is 5.97. The van der Waals surface area contributed by atoms with Crippen LogP contribution >= 0.6 is 0 Å². The minimum absolute atomic E-state index is 0.517. The van der Waals surface area contributed by atoms with Gasteiger partial charge in [-0.25, -0.2) is 4.98 Å². The second-order valence-electron chi connectivity index (χ2n) is 5.57. The molecule has 2 heterocycles. The molecular formula is C19H14N4. The van der Waals surface area contributed by atoms with Gasteiger partial charge in [0.25, 0.3) is 0 Å². The molecule has 0 aliphatic heterocycles. The molecule has 2 N–H and O–H groups in total. The van der Waals surface area contributed by atoms with E-state index in [2.05, 4.69) is 21.0 Å². The SMILES string of the molecule is Cc1ccc2nc(/C(C#N)=C/c3c[nH]c4ccccc34)[nH]c2c1. The predicted octanol–water partition coefficient (Wildman–Crippen LogP) is 4.42. The van der Waals surface area contributed by atoms with Crippen molar-refractivity contribution in [1.82, 2.24) is 15.0 Å². The van der Waals surface area contributed by atoms with E-state index in [4.69, 9.17) is 0 Å². The number of H-pyrrole nitrogens is 2. The minimum Gasteiger partial charge on any atom is -0.361 e. The second kappa shape index (κ2) is 5.15. The van der Waals surface area contributed by atoms with Crippen LogP contribution in [0, 0.1) is 18.3 Å². The molecule has 23 heavy (non-hydrogen) atoms. The summed E-state index contributed by atoms with van der Waals surface area (Å²) in [6.45, 7) is 2.03. The van der Waals surface area contributed by atoms with Crippen molar-refractivity contribution < 1.29 is 0 Å². The Balaban J connectivity index is 1.85. The number of rotatable bonds is 2. The average molecular weight is 298 g/mol. The van der Waals surface area contributed by atoms with Crippen molar-refractivity contribution in [1.29, 1.82) is 5.26 Å². The van der Waals surface area contributed by atoms with Crippen LogP contribution in [0.25, 0.3) is 33.6 Å². The maximum Gasteiger partial charge on any atom is 0.149 e. The molecule has 4 aromatic rings. The first-order valence-electron chi connectivity index (χ1n) is 7.39. The highest BCUT2D eigenvalue weighted by Gasteiger charge is 2.09. The Bertz CT molecular complexity index is 1090. The number of aromatic nitrogens is 3. The van der Waals surface area contributed by atoms with Gasteiger partial charge in [-0.2, -0.15) is 5.26 Å². The van der Waals surface area contributed by atoms with E-state index in [1.54, 1.807) is 0 Å². The number of hydrogen-bond acceptors (Lipinski definition) is 2. The largest absolute Gasteiger partial charge is 0.361 e. The van der Waals surface area contributed by atoms with Gasteiger partial charge in [-0.05, 0) is 36.8 Å². The molecule has 2 aromatic heterocycles. The summed E-state index contributed by atoms with van der Waals surface area (Å²) in [6.07, 6.45) is 3.78. The smallest absolute Gasteiger partial charge is 0.149 e. The molecule has 0 saturated carbocycles. The fourth-order valence-electron chi connectivity index (χ4n) is 2.77. The maximum atomic E-state index is 9.54. The van der Waals surface area contributed by atoms with Gasteiger partial charge in [0.05, 0.1) is 16.6 Å². The molecule has 0 fully saturated rings. The van der Waals surface area contributed by atoms with E-state index < -0.39 is 0 Å². The van der Waals surface area contributed by atoms with Crippen LogP contribution in [0.5, 0.6) is 0 Å². The fraction of sp³-hybridized carbons (Fsp3) is 0.0526. The Kier molecular flexibility index (Phi) is 2.99. The van der Waals surface area contributed by atoms with Gasteiger partial charge < -0.3 is 9.97 Å². The number of nitrogens with one attached hydrogen (secondary N) is 2. The number of fused-ring (bicyclic) bond motifs is 2. The number of aryl methyl sites for hydroxylation is 1. The highest BCUT2D eigenvalue weighted by Crippen LogP contribution is 2.24. The van der Waals surface area contributed by atoms with E-state index in [-0.39, 0.29) is 0 Å². The van der Waals surface area contributed by atoms with E-state index in [0.717, 1.165) is 33.1 Å². The molecule has 4 heteroatoms. The predicted molar refractivity (Wildman–Crippen MR) is 92.6 cm³/mol. The van der Waals surface area contributed by atoms with E-state index >= 15 is 0 Å². The Labute approximate surface area is 133 Å². The summed E-state index contributed by atoms with van der Waals surface area (Å²) in [5.74, 6) is 0.596. The lowest BCUT2D eigenvalue weighted by atomic mass is 10.1. The van der Waals surface area contributed by atoms with Crippen LogP contribution in [-0.2, 0) is 0 Å². The van der Waals surface area contributed by atoms with Gasteiger partial charge in [0, 0.05) is 22.7 Å². The summed E-state index contributed by atoms with van der Waals surface area (Å²) in [5.41, 5.74) is 5.52. The van der Waals surface area contributed by atoms with Gasteiger partial charge >= 0.3 is 0 Å².